The number of thiol groups is 1. The SMILES string of the molecule is C.CCN(CC)c1ccc(C=O)c(O)c1.CCN(CC)c1ccc2c(c1)Oc1nc(N)c(C#N)c(N)c1C2Sc1ccc(OC)cc1.COc1ccc(S)cc1.N#CCC#N. The van der Waals surface area contributed by atoms with Crippen LogP contribution in [0.25, 0.3) is 0 Å². The number of methoxy groups -OCH3 is 2. The summed E-state index contributed by atoms with van der Waals surface area (Å²) in [5.41, 5.74) is 16.9. The number of nitriles is 3. The Balaban J connectivity index is 0.000000362. The molecule has 0 fully saturated rings. The van der Waals surface area contributed by atoms with Crippen molar-refractivity contribution in [3.63, 3.8) is 0 Å². The number of aromatic nitrogens is 1. The van der Waals surface area contributed by atoms with E-state index in [1.165, 1.54) is 0 Å². The first-order chi connectivity index (χ1) is 29.0. The molecule has 1 aliphatic heterocycles. The topological polar surface area (TPSA) is 208 Å². The number of phenols is 1. The predicted molar refractivity (Wildman–Crippen MR) is 248 cm³/mol. The van der Waals surface area contributed by atoms with Crippen molar-refractivity contribution >= 4 is 53.6 Å². The largest absolute Gasteiger partial charge is 0.507 e. The van der Waals surface area contributed by atoms with E-state index in [0.717, 1.165) is 64.4 Å². The van der Waals surface area contributed by atoms with Crippen LogP contribution in [0.5, 0.6) is 28.9 Å². The predicted octanol–water partition coefficient (Wildman–Crippen LogP) is 10.1. The zero-order valence-electron chi connectivity index (χ0n) is 34.5. The van der Waals surface area contributed by atoms with E-state index in [0.29, 0.717) is 34.7 Å². The summed E-state index contributed by atoms with van der Waals surface area (Å²) < 4.78 is 16.4. The van der Waals surface area contributed by atoms with Crippen LogP contribution in [-0.4, -0.2) is 56.8 Å². The second-order valence-electron chi connectivity index (χ2n) is 12.5. The molecule has 1 atom stereocenters. The fraction of sp³-hybridized carbons (Fsp3) is 0.283. The first-order valence-corrected chi connectivity index (χ1v) is 20.3. The molecule has 61 heavy (non-hydrogen) atoms. The highest BCUT2D eigenvalue weighted by Gasteiger charge is 2.34. The van der Waals surface area contributed by atoms with Crippen molar-refractivity contribution in [2.75, 3.05) is 61.7 Å². The molecule has 15 heteroatoms. The number of ether oxygens (including phenoxy) is 3. The molecule has 0 amide bonds. The monoisotopic (exact) mass is 862 g/mol. The molecule has 0 bridgehead atoms. The Morgan fingerprint density at radius 2 is 1.36 bits per heavy atom. The number of carbonyl (C=O) groups is 1. The van der Waals surface area contributed by atoms with E-state index in [-0.39, 0.29) is 36.2 Å². The number of phenolic OH excluding ortho intramolecular Hbond substituents is 1. The second kappa shape index (κ2) is 25.7. The first-order valence-electron chi connectivity index (χ1n) is 18.9. The number of thioether (sulfide) groups is 1. The van der Waals surface area contributed by atoms with Gasteiger partial charge in [-0.25, -0.2) is 0 Å². The van der Waals surface area contributed by atoms with Crippen LogP contribution in [0.2, 0.25) is 0 Å². The molecule has 1 aromatic heterocycles. The number of aldehydes is 1. The maximum atomic E-state index is 10.5. The maximum absolute atomic E-state index is 10.5. The van der Waals surface area contributed by atoms with Gasteiger partial charge < -0.3 is 40.6 Å². The summed E-state index contributed by atoms with van der Waals surface area (Å²) in [6, 6.07) is 32.0. The van der Waals surface area contributed by atoms with Crippen molar-refractivity contribution in [3.05, 3.63) is 107 Å². The summed E-state index contributed by atoms with van der Waals surface area (Å²) >= 11 is 5.73. The van der Waals surface area contributed by atoms with E-state index < -0.39 is 0 Å². The third kappa shape index (κ3) is 13.7. The van der Waals surface area contributed by atoms with Gasteiger partial charge in [-0.1, -0.05) is 13.5 Å². The van der Waals surface area contributed by atoms with Gasteiger partial charge in [0, 0.05) is 65.0 Å². The molecule has 2 heterocycles. The number of nitrogen functional groups attached to an aromatic ring is 2. The fourth-order valence-electron chi connectivity index (χ4n) is 5.88. The number of hydrogen-bond acceptors (Lipinski definition) is 15. The lowest BCUT2D eigenvalue weighted by Crippen LogP contribution is -2.22. The van der Waals surface area contributed by atoms with E-state index in [2.05, 4.69) is 59.5 Å². The Morgan fingerprint density at radius 3 is 1.82 bits per heavy atom. The molecule has 0 saturated carbocycles. The minimum Gasteiger partial charge on any atom is -0.507 e. The van der Waals surface area contributed by atoms with E-state index in [9.17, 15) is 15.2 Å². The average molecular weight is 863 g/mol. The zero-order chi connectivity index (χ0) is 44.2. The molecule has 5 N–H and O–H groups in total. The summed E-state index contributed by atoms with van der Waals surface area (Å²) in [5.74, 6) is 2.82. The van der Waals surface area contributed by atoms with Crippen LogP contribution in [-0.2, 0) is 0 Å². The van der Waals surface area contributed by atoms with Gasteiger partial charge in [-0.15, -0.1) is 24.4 Å². The molecule has 320 valence electrons. The van der Waals surface area contributed by atoms with Crippen molar-refractivity contribution in [3.8, 4) is 47.1 Å². The Labute approximate surface area is 369 Å². The molecule has 0 saturated heterocycles. The van der Waals surface area contributed by atoms with Gasteiger partial charge in [0.1, 0.15) is 46.9 Å². The van der Waals surface area contributed by atoms with E-state index in [1.807, 2.05) is 74.5 Å². The zero-order valence-corrected chi connectivity index (χ0v) is 36.3. The van der Waals surface area contributed by atoms with Crippen LogP contribution in [0.3, 0.4) is 0 Å². The number of pyridine rings is 1. The highest BCUT2D eigenvalue weighted by molar-refractivity contribution is 7.99. The number of nitrogens with zero attached hydrogens (tertiary/aromatic N) is 6. The standard InChI is InChI=1S/C24H25N5O2S.C11H15NO2.C7H8OS.C3H2N2.CH4/c1-4-29(5-2)14-6-11-17-19(12-14)31-24-20(21(26)18(13-25)23(27)28-24)22(17)32-16-9-7-15(30-3)8-10-16;1-3-12(4-2)10-6-5-9(8-13)11(14)7-10;1-8-6-2-4-7(9)5-3-6;4-2-1-3-5;/h6-12,22H,4-5H2,1-3H3,(H4,26,27,28);5-8,14H,3-4H2,1-2H3;2-5,9H,1H3;1H2;1H4. The van der Waals surface area contributed by atoms with Crippen molar-refractivity contribution in [2.24, 2.45) is 0 Å². The van der Waals surface area contributed by atoms with Gasteiger partial charge >= 0.3 is 0 Å². The summed E-state index contributed by atoms with van der Waals surface area (Å²) in [6.07, 6.45) is 0.654. The van der Waals surface area contributed by atoms with Crippen molar-refractivity contribution in [1.29, 1.82) is 15.8 Å². The van der Waals surface area contributed by atoms with Crippen LogP contribution in [0.4, 0.5) is 22.9 Å². The minimum absolute atomic E-state index is 0. The molecule has 6 rings (SSSR count). The van der Waals surface area contributed by atoms with Gasteiger partial charge in [-0.3, -0.25) is 4.79 Å². The van der Waals surface area contributed by atoms with E-state index in [4.69, 9.17) is 36.2 Å². The molecular weight excluding hydrogens is 809 g/mol. The van der Waals surface area contributed by atoms with Crippen molar-refractivity contribution < 1.29 is 24.1 Å². The van der Waals surface area contributed by atoms with Gasteiger partial charge in [0.15, 0.2) is 6.29 Å². The summed E-state index contributed by atoms with van der Waals surface area (Å²) in [4.78, 5) is 21.2. The minimum atomic E-state index is -0.215. The van der Waals surface area contributed by atoms with Gasteiger partial charge in [-0.2, -0.15) is 20.8 Å². The smallest absolute Gasteiger partial charge is 0.228 e. The summed E-state index contributed by atoms with van der Waals surface area (Å²) in [6.45, 7) is 11.9. The number of benzene rings is 4. The molecule has 0 aliphatic carbocycles. The highest BCUT2D eigenvalue weighted by Crippen LogP contribution is 2.54. The number of fused-ring (bicyclic) bond motifs is 2. The lowest BCUT2D eigenvalue weighted by molar-refractivity contribution is 0.112. The first kappa shape index (κ1) is 50.4. The number of aromatic hydroxyl groups is 1. The Kier molecular flexibility index (Phi) is 21.2. The maximum Gasteiger partial charge on any atom is 0.228 e. The molecule has 13 nitrogen and oxygen atoms in total. The molecule has 4 aromatic carbocycles. The molecular formula is C46H54N8O5S2. The third-order valence-corrected chi connectivity index (χ3v) is 10.6. The van der Waals surface area contributed by atoms with Crippen molar-refractivity contribution in [2.45, 2.75) is 56.6 Å². The van der Waals surface area contributed by atoms with E-state index >= 15 is 0 Å². The molecule has 5 aromatic rings. The molecule has 1 aliphatic rings. The lowest BCUT2D eigenvalue weighted by atomic mass is 9.98. The van der Waals surface area contributed by atoms with Crippen LogP contribution in [0, 0.1) is 34.0 Å². The number of carbonyl (C=O) groups excluding carboxylic acids is 1. The van der Waals surface area contributed by atoms with Crippen LogP contribution in [0.15, 0.2) is 94.7 Å². The molecule has 0 spiro atoms. The summed E-state index contributed by atoms with van der Waals surface area (Å²) in [7, 11) is 3.29. The number of anilines is 4. The fourth-order valence-corrected chi connectivity index (χ4v) is 7.26. The Bertz CT molecular complexity index is 2290. The van der Waals surface area contributed by atoms with Crippen LogP contribution >= 0.6 is 24.4 Å². The van der Waals surface area contributed by atoms with Crippen LogP contribution in [0.1, 0.15) is 73.8 Å². The highest BCUT2D eigenvalue weighted by atomic mass is 32.2. The van der Waals surface area contributed by atoms with Crippen LogP contribution < -0.4 is 35.5 Å². The third-order valence-electron chi connectivity index (χ3n) is 9.07. The molecule has 0 radical (unpaired) electrons. The van der Waals surface area contributed by atoms with Gasteiger partial charge in [0.05, 0.1) is 48.4 Å². The number of hydrogen-bond donors (Lipinski definition) is 4. The van der Waals surface area contributed by atoms with Gasteiger partial charge in [0.25, 0.3) is 0 Å². The second-order valence-corrected chi connectivity index (χ2v) is 14.2. The van der Waals surface area contributed by atoms with E-state index in [1.54, 1.807) is 50.3 Å². The van der Waals surface area contributed by atoms with Gasteiger partial charge in [-0.05, 0) is 94.4 Å². The normalized spacial score (nSPS) is 11.3. The number of rotatable bonds is 11. The molecule has 1 unspecified atom stereocenters. The average Bonchev–Trinajstić information content (AvgIpc) is 3.26. The van der Waals surface area contributed by atoms with Gasteiger partial charge in [0.2, 0.25) is 5.88 Å². The Morgan fingerprint density at radius 1 is 0.836 bits per heavy atom. The lowest BCUT2D eigenvalue weighted by Gasteiger charge is -2.30. The number of nitrogens with two attached hydrogens (primary N) is 2. The quantitative estimate of drug-likeness (QED) is 0.0720. The van der Waals surface area contributed by atoms with Crippen molar-refractivity contribution in [1.82, 2.24) is 4.98 Å². The summed E-state index contributed by atoms with van der Waals surface area (Å²) in [5, 5.41) is 34.0. The Hall–Kier alpha value is -6.73.